The Morgan fingerprint density at radius 1 is 0.368 bits per heavy atom. The Bertz CT molecular complexity index is 1560. The number of hydrogen-bond acceptors (Lipinski definition) is 3. The predicted molar refractivity (Wildman–Crippen MR) is 164 cm³/mol. The van der Waals surface area contributed by atoms with Gasteiger partial charge in [0, 0.05) is 26.2 Å². The van der Waals surface area contributed by atoms with Gasteiger partial charge in [-0.2, -0.15) is 0 Å². The molecule has 0 radical (unpaired) electrons. The largest absolute Gasteiger partial charge is 0.315 e. The van der Waals surface area contributed by atoms with Crippen LogP contribution in [0.25, 0.3) is 43.1 Å². The van der Waals surface area contributed by atoms with E-state index in [0.717, 1.165) is 45.7 Å². The predicted octanol–water partition coefficient (Wildman–Crippen LogP) is 7.16. The van der Waals surface area contributed by atoms with Gasteiger partial charge in [0.2, 0.25) is 0 Å². The van der Waals surface area contributed by atoms with Crippen LogP contribution in [-0.2, 0) is 13.1 Å². The van der Waals surface area contributed by atoms with E-state index in [2.05, 4.69) is 125 Å². The average molecular weight is 498 g/mol. The summed E-state index contributed by atoms with van der Waals surface area (Å²) in [4.78, 5) is 0. The molecule has 0 saturated carbocycles. The standard InChI is InChI=1S/C35H35N3/c1-3-12-30-26(10-1)22-28(32-14-5-7-16-34(30)32)24-37-19-9-18-36-20-21-38-25-29-23-27-11-2-4-13-31(27)35-17-8-6-15-33(29)35/h1-8,10-17,22-23,36-38H,9,18-21,24-25H2. The lowest BCUT2D eigenvalue weighted by Crippen LogP contribution is -2.29. The summed E-state index contributed by atoms with van der Waals surface area (Å²) in [6.45, 7) is 5.73. The van der Waals surface area contributed by atoms with Crippen molar-refractivity contribution in [1.82, 2.24) is 16.0 Å². The molecular formula is C35H35N3. The van der Waals surface area contributed by atoms with Crippen LogP contribution in [0.2, 0.25) is 0 Å². The zero-order valence-electron chi connectivity index (χ0n) is 21.8. The Hall–Kier alpha value is -3.76. The maximum absolute atomic E-state index is 3.66. The lowest BCUT2D eigenvalue weighted by atomic mass is 9.97. The zero-order valence-corrected chi connectivity index (χ0v) is 21.8. The van der Waals surface area contributed by atoms with Gasteiger partial charge in [-0.25, -0.2) is 0 Å². The number of hydrogen-bond donors (Lipinski definition) is 3. The SMILES string of the molecule is c1ccc2c(c1)cc(CNCCCNCCNCc1cc3ccccc3c3ccccc13)c1ccccc12. The summed E-state index contributed by atoms with van der Waals surface area (Å²) in [7, 11) is 0. The lowest BCUT2D eigenvalue weighted by molar-refractivity contribution is 0.573. The molecule has 3 N–H and O–H groups in total. The number of nitrogens with one attached hydrogen (secondary N) is 3. The second-order valence-electron chi connectivity index (χ2n) is 10.1. The van der Waals surface area contributed by atoms with Crippen molar-refractivity contribution in [1.29, 1.82) is 0 Å². The fraction of sp³-hybridized carbons (Fsp3) is 0.200. The van der Waals surface area contributed by atoms with Crippen molar-refractivity contribution < 1.29 is 0 Å². The number of benzene rings is 6. The number of fused-ring (bicyclic) bond motifs is 6. The minimum atomic E-state index is 0.883. The highest BCUT2D eigenvalue weighted by Gasteiger charge is 2.07. The third kappa shape index (κ3) is 5.27. The maximum atomic E-state index is 3.66. The Morgan fingerprint density at radius 3 is 1.32 bits per heavy atom. The van der Waals surface area contributed by atoms with E-state index < -0.39 is 0 Å². The molecule has 0 fully saturated rings. The van der Waals surface area contributed by atoms with Crippen molar-refractivity contribution in [2.45, 2.75) is 19.5 Å². The highest BCUT2D eigenvalue weighted by molar-refractivity contribution is 6.09. The second-order valence-corrected chi connectivity index (χ2v) is 10.1. The van der Waals surface area contributed by atoms with Crippen molar-refractivity contribution in [3.63, 3.8) is 0 Å². The molecule has 0 aliphatic carbocycles. The van der Waals surface area contributed by atoms with E-state index in [-0.39, 0.29) is 0 Å². The molecule has 190 valence electrons. The van der Waals surface area contributed by atoms with Crippen LogP contribution in [0.5, 0.6) is 0 Å². The molecule has 6 aromatic rings. The third-order valence-electron chi connectivity index (χ3n) is 7.52. The fourth-order valence-electron chi connectivity index (χ4n) is 5.64. The molecule has 3 heteroatoms. The van der Waals surface area contributed by atoms with Crippen LogP contribution in [0.1, 0.15) is 17.5 Å². The highest BCUT2D eigenvalue weighted by atomic mass is 14.9. The summed E-state index contributed by atoms with van der Waals surface area (Å²) in [5.41, 5.74) is 2.74. The molecule has 0 aliphatic rings. The first-order valence-corrected chi connectivity index (χ1v) is 13.8. The lowest BCUT2D eigenvalue weighted by Gasteiger charge is -2.12. The van der Waals surface area contributed by atoms with E-state index in [9.17, 15) is 0 Å². The van der Waals surface area contributed by atoms with Gasteiger partial charge < -0.3 is 16.0 Å². The summed E-state index contributed by atoms with van der Waals surface area (Å²) in [6.07, 6.45) is 1.11. The van der Waals surface area contributed by atoms with E-state index in [1.54, 1.807) is 0 Å². The van der Waals surface area contributed by atoms with E-state index >= 15 is 0 Å². The summed E-state index contributed by atoms with van der Waals surface area (Å²) < 4.78 is 0. The molecule has 38 heavy (non-hydrogen) atoms. The van der Waals surface area contributed by atoms with Crippen LogP contribution >= 0.6 is 0 Å². The molecule has 0 atom stereocenters. The van der Waals surface area contributed by atoms with Crippen LogP contribution in [0, 0.1) is 0 Å². The van der Waals surface area contributed by atoms with Crippen molar-refractivity contribution in [2.24, 2.45) is 0 Å². The van der Waals surface area contributed by atoms with Crippen LogP contribution in [0.3, 0.4) is 0 Å². The van der Waals surface area contributed by atoms with Gasteiger partial charge in [-0.05, 0) is 85.9 Å². The minimum Gasteiger partial charge on any atom is -0.315 e. The van der Waals surface area contributed by atoms with Crippen LogP contribution < -0.4 is 16.0 Å². The summed E-state index contributed by atoms with van der Waals surface area (Å²) >= 11 is 0. The molecular weight excluding hydrogens is 462 g/mol. The van der Waals surface area contributed by atoms with Gasteiger partial charge in [0.25, 0.3) is 0 Å². The normalized spacial score (nSPS) is 11.7. The van der Waals surface area contributed by atoms with Gasteiger partial charge in [-0.1, -0.05) is 97.1 Å². The Labute approximate surface area is 224 Å². The molecule has 0 amide bonds. The van der Waals surface area contributed by atoms with Gasteiger partial charge in [0.05, 0.1) is 0 Å². The quantitative estimate of drug-likeness (QED) is 0.131. The summed E-state index contributed by atoms with van der Waals surface area (Å²) in [6, 6.07) is 39.5. The van der Waals surface area contributed by atoms with E-state index in [0.29, 0.717) is 0 Å². The topological polar surface area (TPSA) is 36.1 Å². The van der Waals surface area contributed by atoms with Crippen molar-refractivity contribution in [3.05, 3.63) is 120 Å². The molecule has 0 bridgehead atoms. The van der Waals surface area contributed by atoms with Gasteiger partial charge in [0.15, 0.2) is 0 Å². The van der Waals surface area contributed by atoms with Gasteiger partial charge in [0.1, 0.15) is 0 Å². The molecule has 6 rings (SSSR count). The molecule has 0 unspecified atom stereocenters. The van der Waals surface area contributed by atoms with Crippen LogP contribution in [0.4, 0.5) is 0 Å². The Morgan fingerprint density at radius 2 is 0.763 bits per heavy atom. The van der Waals surface area contributed by atoms with Crippen molar-refractivity contribution in [2.75, 3.05) is 26.2 Å². The highest BCUT2D eigenvalue weighted by Crippen LogP contribution is 2.29. The van der Waals surface area contributed by atoms with Crippen LogP contribution in [0.15, 0.2) is 109 Å². The van der Waals surface area contributed by atoms with Crippen LogP contribution in [-0.4, -0.2) is 26.2 Å². The maximum Gasteiger partial charge on any atom is 0.0212 e. The summed E-state index contributed by atoms with van der Waals surface area (Å²) in [5, 5.41) is 21.5. The Kier molecular flexibility index (Phi) is 7.59. The first-order valence-electron chi connectivity index (χ1n) is 13.8. The molecule has 0 aromatic heterocycles. The molecule has 0 aliphatic heterocycles. The smallest absolute Gasteiger partial charge is 0.0212 e. The van der Waals surface area contributed by atoms with Gasteiger partial charge in [-0.3, -0.25) is 0 Å². The van der Waals surface area contributed by atoms with Crippen molar-refractivity contribution in [3.8, 4) is 0 Å². The first-order chi connectivity index (χ1) is 18.9. The first kappa shape index (κ1) is 24.6. The zero-order chi connectivity index (χ0) is 25.6. The molecule has 0 saturated heterocycles. The molecule has 3 nitrogen and oxygen atoms in total. The van der Waals surface area contributed by atoms with E-state index in [4.69, 9.17) is 0 Å². The van der Waals surface area contributed by atoms with Gasteiger partial charge >= 0.3 is 0 Å². The fourth-order valence-corrected chi connectivity index (χ4v) is 5.64. The third-order valence-corrected chi connectivity index (χ3v) is 7.52. The van der Waals surface area contributed by atoms with E-state index in [1.165, 1.54) is 54.2 Å². The molecule has 0 spiro atoms. The molecule has 6 aromatic carbocycles. The number of rotatable bonds is 11. The average Bonchev–Trinajstić information content (AvgIpc) is 2.98. The second kappa shape index (κ2) is 11.7. The molecule has 0 heterocycles. The monoisotopic (exact) mass is 497 g/mol. The van der Waals surface area contributed by atoms with Gasteiger partial charge in [-0.15, -0.1) is 0 Å². The van der Waals surface area contributed by atoms with E-state index in [1.807, 2.05) is 0 Å². The summed E-state index contributed by atoms with van der Waals surface area (Å²) in [5.74, 6) is 0. The van der Waals surface area contributed by atoms with Crippen molar-refractivity contribution >= 4 is 43.1 Å². The minimum absolute atomic E-state index is 0.883. The Balaban J connectivity index is 0.943.